The highest BCUT2D eigenvalue weighted by molar-refractivity contribution is 6.27. The number of benzene rings is 1. The summed E-state index contributed by atoms with van der Waals surface area (Å²) >= 11 is 0. The van der Waals surface area contributed by atoms with Gasteiger partial charge >= 0.3 is 6.18 Å². The minimum atomic E-state index is -4.54. The minimum Gasteiger partial charge on any atom is -0.337 e. The number of nitrogens with one attached hydrogen (secondary N) is 1. The number of hydrogen-bond donors (Lipinski definition) is 2. The number of imidazole rings is 1. The molecule has 0 amide bonds. The van der Waals surface area contributed by atoms with Gasteiger partial charge in [-0.05, 0) is 56.4 Å². The lowest BCUT2D eigenvalue weighted by molar-refractivity contribution is -0.0571. The van der Waals surface area contributed by atoms with Crippen molar-refractivity contribution in [2.75, 3.05) is 11.9 Å². The first-order valence-electron chi connectivity index (χ1n) is 11.5. The molecule has 1 saturated carbocycles. The number of fused-ring (bicyclic) bond motifs is 1. The van der Waals surface area contributed by atoms with Crippen molar-refractivity contribution in [3.05, 3.63) is 59.7 Å². The standard InChI is InChI=1S/C25H25F3N6O/c1-14-12-17(6-7-18(14)21(35)15-2-4-16(29)5-3-15)33-23-24-32-13-20(34(24)11-10-31-23)19-8-9-30-22(19)25(26,27)28/h6-8,10-13,15-16H,2-5,9,29H2,1H3,(H,31,33). The zero-order valence-electron chi connectivity index (χ0n) is 19.1. The number of rotatable bonds is 5. The third kappa shape index (κ3) is 4.45. The second-order valence-electron chi connectivity index (χ2n) is 9.05. The molecule has 0 bridgehead atoms. The number of ketones is 1. The van der Waals surface area contributed by atoms with Crippen molar-refractivity contribution in [1.82, 2.24) is 14.4 Å². The van der Waals surface area contributed by atoms with Crippen LogP contribution in [0.25, 0.3) is 11.2 Å². The molecule has 0 spiro atoms. The van der Waals surface area contributed by atoms with Gasteiger partial charge in [-0.15, -0.1) is 0 Å². The molecule has 0 radical (unpaired) electrons. The van der Waals surface area contributed by atoms with Crippen molar-refractivity contribution in [2.24, 2.45) is 16.6 Å². The number of nitrogens with two attached hydrogens (primary N) is 1. The number of halogens is 3. The maximum atomic E-state index is 13.4. The summed E-state index contributed by atoms with van der Waals surface area (Å²) in [5, 5.41) is 3.19. The van der Waals surface area contributed by atoms with Crippen LogP contribution in [0.2, 0.25) is 0 Å². The molecule has 5 rings (SSSR count). The summed E-state index contributed by atoms with van der Waals surface area (Å²) in [5.41, 5.74) is 7.98. The summed E-state index contributed by atoms with van der Waals surface area (Å²) in [7, 11) is 0. The van der Waals surface area contributed by atoms with Crippen molar-refractivity contribution in [1.29, 1.82) is 0 Å². The van der Waals surface area contributed by atoms with Crippen molar-refractivity contribution in [3.63, 3.8) is 0 Å². The minimum absolute atomic E-state index is 0.00100. The molecule has 35 heavy (non-hydrogen) atoms. The molecule has 1 aliphatic carbocycles. The van der Waals surface area contributed by atoms with Gasteiger partial charge in [0.1, 0.15) is 5.71 Å². The number of Topliss-reactive ketones (excluding diaryl/α,β-unsaturated/α-hetero) is 1. The van der Waals surface area contributed by atoms with Crippen LogP contribution in [0.4, 0.5) is 24.7 Å². The summed E-state index contributed by atoms with van der Waals surface area (Å²) in [4.78, 5) is 25.3. The summed E-state index contributed by atoms with van der Waals surface area (Å²) in [6.45, 7) is 1.87. The van der Waals surface area contributed by atoms with Gasteiger partial charge in [0.05, 0.1) is 18.4 Å². The van der Waals surface area contributed by atoms with E-state index >= 15 is 0 Å². The molecule has 10 heteroatoms. The van der Waals surface area contributed by atoms with E-state index in [1.54, 1.807) is 22.7 Å². The van der Waals surface area contributed by atoms with Crippen LogP contribution >= 0.6 is 0 Å². The lowest BCUT2D eigenvalue weighted by Crippen LogP contribution is -2.30. The summed E-state index contributed by atoms with van der Waals surface area (Å²) in [6, 6.07) is 5.66. The van der Waals surface area contributed by atoms with Gasteiger partial charge in [-0.1, -0.05) is 6.08 Å². The average molecular weight is 483 g/mol. The Hall–Kier alpha value is -3.53. The quantitative estimate of drug-likeness (QED) is 0.505. The van der Waals surface area contributed by atoms with E-state index in [0.717, 1.165) is 31.2 Å². The first-order chi connectivity index (χ1) is 16.7. The Kier molecular flexibility index (Phi) is 5.92. The van der Waals surface area contributed by atoms with Crippen LogP contribution < -0.4 is 11.1 Å². The topological polar surface area (TPSA) is 97.7 Å². The van der Waals surface area contributed by atoms with Crippen molar-refractivity contribution >= 4 is 34.2 Å². The van der Waals surface area contributed by atoms with Gasteiger partial charge in [0, 0.05) is 41.2 Å². The number of carbonyl (C=O) groups excluding carboxylic acids is 1. The lowest BCUT2D eigenvalue weighted by Gasteiger charge is -2.25. The van der Waals surface area contributed by atoms with E-state index in [1.807, 2.05) is 13.0 Å². The maximum Gasteiger partial charge on any atom is 0.433 e. The molecule has 3 N–H and O–H groups in total. The molecule has 2 aliphatic rings. The Morgan fingerprint density at radius 1 is 1.17 bits per heavy atom. The molecule has 3 aromatic rings. The number of nitrogens with zero attached hydrogens (tertiary/aromatic N) is 4. The maximum absolute atomic E-state index is 13.4. The molecule has 182 valence electrons. The smallest absolute Gasteiger partial charge is 0.337 e. The average Bonchev–Trinajstić information content (AvgIpc) is 3.47. The van der Waals surface area contributed by atoms with E-state index < -0.39 is 11.9 Å². The second kappa shape index (κ2) is 8.92. The van der Waals surface area contributed by atoms with E-state index in [1.165, 1.54) is 18.5 Å². The van der Waals surface area contributed by atoms with E-state index in [-0.39, 0.29) is 29.9 Å². The van der Waals surface area contributed by atoms with E-state index in [4.69, 9.17) is 5.73 Å². The van der Waals surface area contributed by atoms with Crippen LogP contribution in [-0.2, 0) is 0 Å². The predicted molar refractivity (Wildman–Crippen MR) is 128 cm³/mol. The molecular weight excluding hydrogens is 457 g/mol. The molecule has 3 heterocycles. The van der Waals surface area contributed by atoms with Crippen LogP contribution in [0.3, 0.4) is 0 Å². The number of anilines is 2. The van der Waals surface area contributed by atoms with Gasteiger partial charge in [0.2, 0.25) is 0 Å². The molecule has 7 nitrogen and oxygen atoms in total. The first kappa shape index (κ1) is 23.2. The second-order valence-corrected chi connectivity index (χ2v) is 9.05. The zero-order chi connectivity index (χ0) is 24.7. The van der Waals surface area contributed by atoms with Crippen LogP contribution in [0.15, 0.2) is 47.9 Å². The Balaban J connectivity index is 1.39. The number of allylic oxidation sites excluding steroid dienone is 1. The molecular formula is C25H25F3N6O. The van der Waals surface area contributed by atoms with Crippen molar-refractivity contribution < 1.29 is 18.0 Å². The molecule has 1 aliphatic heterocycles. The van der Waals surface area contributed by atoms with E-state index in [2.05, 4.69) is 20.3 Å². The van der Waals surface area contributed by atoms with Gasteiger partial charge < -0.3 is 11.1 Å². The van der Waals surface area contributed by atoms with Gasteiger partial charge in [0.25, 0.3) is 0 Å². The molecule has 1 aromatic carbocycles. The number of carbonyl (C=O) groups is 1. The lowest BCUT2D eigenvalue weighted by atomic mass is 9.81. The van der Waals surface area contributed by atoms with Gasteiger partial charge in [-0.2, -0.15) is 13.2 Å². The predicted octanol–water partition coefficient (Wildman–Crippen LogP) is 4.88. The Bertz CT molecular complexity index is 1350. The molecule has 2 aromatic heterocycles. The highest BCUT2D eigenvalue weighted by atomic mass is 19.4. The monoisotopic (exact) mass is 482 g/mol. The number of aryl methyl sites for hydroxylation is 1. The number of alkyl halides is 3. The van der Waals surface area contributed by atoms with Crippen LogP contribution in [0.1, 0.15) is 47.3 Å². The largest absolute Gasteiger partial charge is 0.433 e. The van der Waals surface area contributed by atoms with Gasteiger partial charge in [0.15, 0.2) is 17.2 Å². The zero-order valence-corrected chi connectivity index (χ0v) is 19.1. The number of aromatic nitrogens is 3. The summed E-state index contributed by atoms with van der Waals surface area (Å²) < 4.78 is 41.7. The Morgan fingerprint density at radius 2 is 1.94 bits per heavy atom. The third-order valence-corrected chi connectivity index (χ3v) is 6.67. The van der Waals surface area contributed by atoms with Gasteiger partial charge in [-0.3, -0.25) is 14.2 Å². The van der Waals surface area contributed by atoms with E-state index in [9.17, 15) is 18.0 Å². The summed E-state index contributed by atoms with van der Waals surface area (Å²) in [6.07, 6.45) is 4.71. The molecule has 0 saturated heterocycles. The molecule has 0 atom stereocenters. The number of aliphatic imine (C=N–C) groups is 1. The van der Waals surface area contributed by atoms with Crippen LogP contribution in [-0.4, -0.2) is 44.6 Å². The molecule has 1 fully saturated rings. The highest BCUT2D eigenvalue weighted by Gasteiger charge is 2.40. The van der Waals surface area contributed by atoms with E-state index in [0.29, 0.717) is 28.4 Å². The van der Waals surface area contributed by atoms with Gasteiger partial charge in [-0.25, -0.2) is 9.97 Å². The Morgan fingerprint density at radius 3 is 2.66 bits per heavy atom. The summed E-state index contributed by atoms with van der Waals surface area (Å²) in [5.74, 6) is 0.537. The third-order valence-electron chi connectivity index (χ3n) is 6.67. The fraction of sp³-hybridized carbons (Fsp3) is 0.360. The molecule has 0 unspecified atom stereocenters. The van der Waals surface area contributed by atoms with Crippen molar-refractivity contribution in [2.45, 2.75) is 44.8 Å². The highest BCUT2D eigenvalue weighted by Crippen LogP contribution is 2.33. The van der Waals surface area contributed by atoms with Crippen molar-refractivity contribution in [3.8, 4) is 0 Å². The normalized spacial score (nSPS) is 20.6. The number of hydrogen-bond acceptors (Lipinski definition) is 6. The SMILES string of the molecule is Cc1cc(Nc2nccn3c(C4=CCN=C4C(F)(F)F)cnc23)ccc1C(=O)C1CCC(N)CC1. The first-order valence-corrected chi connectivity index (χ1v) is 11.5. The van der Waals surface area contributed by atoms with Crippen LogP contribution in [0, 0.1) is 12.8 Å². The fourth-order valence-corrected chi connectivity index (χ4v) is 4.84. The Labute approximate surface area is 200 Å². The fourth-order valence-electron chi connectivity index (χ4n) is 4.84. The van der Waals surface area contributed by atoms with Crippen LogP contribution in [0.5, 0.6) is 0 Å².